The van der Waals surface area contributed by atoms with Gasteiger partial charge in [0, 0.05) is 11.6 Å². The van der Waals surface area contributed by atoms with Gasteiger partial charge in [-0.25, -0.2) is 12.8 Å². The molecule has 8 nitrogen and oxygen atoms in total. The fourth-order valence-corrected chi connectivity index (χ4v) is 3.83. The second kappa shape index (κ2) is 10.4. The van der Waals surface area contributed by atoms with Crippen LogP contribution in [0.1, 0.15) is 15.9 Å². The highest BCUT2D eigenvalue weighted by molar-refractivity contribution is 7.92. The van der Waals surface area contributed by atoms with E-state index >= 15 is 0 Å². The van der Waals surface area contributed by atoms with Gasteiger partial charge in [0.05, 0.1) is 17.7 Å². The minimum atomic E-state index is -4.01. The van der Waals surface area contributed by atoms with Gasteiger partial charge in [0.15, 0.2) is 0 Å². The number of benzene rings is 3. The molecule has 0 unspecified atom stereocenters. The summed E-state index contributed by atoms with van der Waals surface area (Å²) in [6.07, 6.45) is 2.60. The van der Waals surface area contributed by atoms with E-state index in [4.69, 9.17) is 4.74 Å². The number of halogens is 1. The SMILES string of the molecule is COc1ccccc1NS(=O)(=O)c1cccc(C(=O)NNC(=O)/C=C/c2ccc(F)cc2)c1. The van der Waals surface area contributed by atoms with E-state index < -0.39 is 27.7 Å². The molecular weight excluding hydrogens is 449 g/mol. The Labute approximate surface area is 190 Å². The third-order valence-corrected chi connectivity index (χ3v) is 5.72. The number of ether oxygens (including phenoxy) is 1. The van der Waals surface area contributed by atoms with E-state index in [1.807, 2.05) is 0 Å². The lowest BCUT2D eigenvalue weighted by molar-refractivity contribution is -0.117. The van der Waals surface area contributed by atoms with Crippen LogP contribution in [0, 0.1) is 5.82 Å². The van der Waals surface area contributed by atoms with Crippen molar-refractivity contribution in [3.63, 3.8) is 0 Å². The summed E-state index contributed by atoms with van der Waals surface area (Å²) >= 11 is 0. The Hall–Kier alpha value is -4.18. The minimum absolute atomic E-state index is 0.0146. The van der Waals surface area contributed by atoms with Crippen molar-refractivity contribution in [3.8, 4) is 5.75 Å². The molecule has 3 rings (SSSR count). The summed E-state index contributed by atoms with van der Waals surface area (Å²) in [4.78, 5) is 24.1. The molecule has 0 fully saturated rings. The number of carbonyl (C=O) groups excluding carboxylic acids is 2. The number of para-hydroxylation sites is 2. The van der Waals surface area contributed by atoms with Crippen LogP contribution < -0.4 is 20.3 Å². The Morgan fingerprint density at radius 2 is 1.67 bits per heavy atom. The zero-order valence-electron chi connectivity index (χ0n) is 17.4. The first kappa shape index (κ1) is 23.5. The number of carbonyl (C=O) groups is 2. The summed E-state index contributed by atoms with van der Waals surface area (Å²) in [5, 5.41) is 0. The molecule has 0 saturated carbocycles. The average Bonchev–Trinajstić information content (AvgIpc) is 2.82. The summed E-state index contributed by atoms with van der Waals surface area (Å²) in [7, 11) is -2.59. The summed E-state index contributed by atoms with van der Waals surface area (Å²) in [5.74, 6) is -1.40. The van der Waals surface area contributed by atoms with Crippen molar-refractivity contribution in [2.45, 2.75) is 4.90 Å². The molecule has 0 atom stereocenters. The van der Waals surface area contributed by atoms with Crippen LogP contribution in [0.5, 0.6) is 5.75 Å². The van der Waals surface area contributed by atoms with Gasteiger partial charge >= 0.3 is 0 Å². The summed E-state index contributed by atoms with van der Waals surface area (Å²) < 4.78 is 46.0. The highest BCUT2D eigenvalue weighted by Crippen LogP contribution is 2.26. The number of hydrazine groups is 1. The lowest BCUT2D eigenvalue weighted by atomic mass is 10.2. The monoisotopic (exact) mass is 469 g/mol. The van der Waals surface area contributed by atoms with Crippen molar-refractivity contribution in [3.05, 3.63) is 95.8 Å². The molecule has 170 valence electrons. The number of hydrogen-bond donors (Lipinski definition) is 3. The first-order valence-electron chi connectivity index (χ1n) is 9.58. The van der Waals surface area contributed by atoms with E-state index in [9.17, 15) is 22.4 Å². The Balaban J connectivity index is 1.65. The van der Waals surface area contributed by atoms with Crippen LogP contribution >= 0.6 is 0 Å². The zero-order valence-corrected chi connectivity index (χ0v) is 18.2. The van der Waals surface area contributed by atoms with Gasteiger partial charge in [-0.15, -0.1) is 0 Å². The second-order valence-corrected chi connectivity index (χ2v) is 8.34. The molecule has 33 heavy (non-hydrogen) atoms. The fourth-order valence-electron chi connectivity index (χ4n) is 2.72. The Morgan fingerprint density at radius 3 is 2.39 bits per heavy atom. The van der Waals surface area contributed by atoms with Gasteiger partial charge in [-0.2, -0.15) is 0 Å². The molecule has 3 aromatic carbocycles. The zero-order chi connectivity index (χ0) is 23.8. The normalized spacial score (nSPS) is 11.1. The van der Waals surface area contributed by atoms with Gasteiger partial charge < -0.3 is 4.74 Å². The van der Waals surface area contributed by atoms with Crippen molar-refractivity contribution in [1.82, 2.24) is 10.9 Å². The molecule has 0 radical (unpaired) electrons. The molecule has 0 aromatic heterocycles. The van der Waals surface area contributed by atoms with Crippen molar-refractivity contribution in [2.24, 2.45) is 0 Å². The molecule has 2 amide bonds. The van der Waals surface area contributed by atoms with E-state index in [0.717, 1.165) is 6.08 Å². The Bertz CT molecular complexity index is 1290. The van der Waals surface area contributed by atoms with Crippen LogP contribution in [0.2, 0.25) is 0 Å². The predicted molar refractivity (Wildman–Crippen MR) is 121 cm³/mol. The van der Waals surface area contributed by atoms with Crippen LogP contribution in [0.25, 0.3) is 6.08 Å². The molecule has 10 heteroatoms. The van der Waals surface area contributed by atoms with Gasteiger partial charge in [-0.05, 0) is 54.1 Å². The van der Waals surface area contributed by atoms with E-state index in [0.29, 0.717) is 11.3 Å². The molecule has 3 aromatic rings. The number of anilines is 1. The maximum atomic E-state index is 12.9. The molecule has 0 aliphatic heterocycles. The second-order valence-electron chi connectivity index (χ2n) is 6.66. The van der Waals surface area contributed by atoms with Crippen molar-refractivity contribution >= 4 is 33.6 Å². The smallest absolute Gasteiger partial charge is 0.269 e. The predicted octanol–water partition coefficient (Wildman–Crippen LogP) is 3.11. The van der Waals surface area contributed by atoms with E-state index in [1.54, 1.807) is 24.3 Å². The third kappa shape index (κ3) is 6.40. The largest absolute Gasteiger partial charge is 0.495 e. The van der Waals surface area contributed by atoms with Gasteiger partial charge in [0.1, 0.15) is 11.6 Å². The average molecular weight is 469 g/mol. The number of methoxy groups -OCH3 is 1. The molecular formula is C23H20FN3O5S. The Kier molecular flexibility index (Phi) is 7.42. The van der Waals surface area contributed by atoms with Crippen LogP contribution in [0.3, 0.4) is 0 Å². The van der Waals surface area contributed by atoms with Crippen molar-refractivity contribution < 1.29 is 27.1 Å². The van der Waals surface area contributed by atoms with Gasteiger partial charge in [0.25, 0.3) is 21.8 Å². The molecule has 0 aliphatic rings. The minimum Gasteiger partial charge on any atom is -0.495 e. The highest BCUT2D eigenvalue weighted by Gasteiger charge is 2.18. The number of nitrogens with one attached hydrogen (secondary N) is 3. The molecule has 0 spiro atoms. The molecule has 3 N–H and O–H groups in total. The van der Waals surface area contributed by atoms with E-state index in [-0.39, 0.29) is 16.1 Å². The quantitative estimate of drug-likeness (QED) is 0.364. The molecule has 0 saturated heterocycles. The lowest BCUT2D eigenvalue weighted by Crippen LogP contribution is -2.40. The van der Waals surface area contributed by atoms with Crippen LogP contribution in [0.4, 0.5) is 10.1 Å². The van der Waals surface area contributed by atoms with E-state index in [2.05, 4.69) is 15.6 Å². The van der Waals surface area contributed by atoms with Gasteiger partial charge in [0.2, 0.25) is 0 Å². The van der Waals surface area contributed by atoms with Gasteiger partial charge in [-0.1, -0.05) is 30.3 Å². The fraction of sp³-hybridized carbons (Fsp3) is 0.0435. The van der Waals surface area contributed by atoms with Crippen LogP contribution in [-0.4, -0.2) is 27.3 Å². The number of rotatable bonds is 7. The highest BCUT2D eigenvalue weighted by atomic mass is 32.2. The summed E-state index contributed by atoms with van der Waals surface area (Å²) in [6.45, 7) is 0. The topological polar surface area (TPSA) is 114 Å². The number of hydrogen-bond acceptors (Lipinski definition) is 5. The summed E-state index contributed by atoms with van der Waals surface area (Å²) in [5.41, 5.74) is 5.26. The number of sulfonamides is 1. The maximum Gasteiger partial charge on any atom is 0.269 e. The van der Waals surface area contributed by atoms with Crippen LogP contribution in [0.15, 0.2) is 83.8 Å². The third-order valence-electron chi connectivity index (χ3n) is 4.35. The Morgan fingerprint density at radius 1 is 0.939 bits per heavy atom. The molecule has 0 bridgehead atoms. The summed E-state index contributed by atoms with van der Waals surface area (Å²) in [6, 6.07) is 17.3. The maximum absolute atomic E-state index is 12.9. The van der Waals surface area contributed by atoms with Gasteiger partial charge in [-0.3, -0.25) is 25.2 Å². The first-order valence-corrected chi connectivity index (χ1v) is 11.1. The molecule has 0 aliphatic carbocycles. The van der Waals surface area contributed by atoms with Crippen molar-refractivity contribution in [1.29, 1.82) is 0 Å². The molecule has 0 heterocycles. The van der Waals surface area contributed by atoms with Crippen molar-refractivity contribution in [2.75, 3.05) is 11.8 Å². The first-order chi connectivity index (χ1) is 15.8. The number of amides is 2. The lowest BCUT2D eigenvalue weighted by Gasteiger charge is -2.12. The van der Waals surface area contributed by atoms with E-state index in [1.165, 1.54) is 61.7 Å². The van der Waals surface area contributed by atoms with Crippen LogP contribution in [-0.2, 0) is 14.8 Å². The standard InChI is InChI=1S/C23H20FN3O5S/c1-32-21-8-3-2-7-20(21)27-33(30,31)19-6-4-5-17(15-19)23(29)26-25-22(28)14-11-16-9-12-18(24)13-10-16/h2-15,27H,1H3,(H,25,28)(H,26,29)/b14-11+.